The fourth-order valence-electron chi connectivity index (χ4n) is 1.98. The summed E-state index contributed by atoms with van der Waals surface area (Å²) >= 11 is 1.49. The molecule has 4 amide bonds. The van der Waals surface area contributed by atoms with Crippen LogP contribution in [-0.4, -0.2) is 82.5 Å². The lowest BCUT2D eigenvalue weighted by Gasteiger charge is -2.20. The van der Waals surface area contributed by atoms with E-state index >= 15 is 0 Å². The number of nitrogens with two attached hydrogens (primary N) is 2. The number of nitrogens with one attached hydrogen (secondary N) is 3. The molecule has 0 bridgehead atoms. The summed E-state index contributed by atoms with van der Waals surface area (Å²) in [5, 5.41) is 24.0. The third kappa shape index (κ3) is 11.5. The zero-order chi connectivity index (χ0) is 22.6. The number of hydrogen-bond donors (Lipinski definition) is 7. The third-order valence-corrected chi connectivity index (χ3v) is 4.09. The lowest BCUT2D eigenvalue weighted by molar-refractivity contribution is -0.147. The first kappa shape index (κ1) is 26.1. The van der Waals surface area contributed by atoms with Gasteiger partial charge < -0.3 is 37.6 Å². The summed E-state index contributed by atoms with van der Waals surface area (Å²) in [7, 11) is 0. The van der Waals surface area contributed by atoms with Gasteiger partial charge in [-0.05, 0) is 18.4 Å². The summed E-state index contributed by atoms with van der Waals surface area (Å²) in [5.41, 5.74) is 10.7. The van der Waals surface area contributed by atoms with Crippen LogP contribution in [0, 0.1) is 0 Å². The zero-order valence-corrected chi connectivity index (χ0v) is 16.5. The van der Waals surface area contributed by atoms with Crippen molar-refractivity contribution < 1.29 is 39.0 Å². The van der Waals surface area contributed by atoms with Crippen molar-refractivity contribution in [1.29, 1.82) is 0 Å². The van der Waals surface area contributed by atoms with E-state index < -0.39 is 73.1 Å². The van der Waals surface area contributed by atoms with Crippen LogP contribution in [0.2, 0.25) is 0 Å². The monoisotopic (exact) mass is 435 g/mol. The van der Waals surface area contributed by atoms with E-state index in [0.29, 0.717) is 12.2 Å². The van der Waals surface area contributed by atoms with E-state index in [1.54, 1.807) is 0 Å². The molecule has 0 rings (SSSR count). The number of amides is 4. The minimum Gasteiger partial charge on any atom is -0.481 e. The Bertz CT molecular complexity index is 644. The summed E-state index contributed by atoms with van der Waals surface area (Å²) in [6.07, 6.45) is 0.648. The molecule has 14 heteroatoms. The number of carbonyl (C=O) groups excluding carboxylic acids is 4. The van der Waals surface area contributed by atoms with Gasteiger partial charge in [-0.3, -0.25) is 24.0 Å². The topological polar surface area (TPSA) is 231 Å². The second-order valence-electron chi connectivity index (χ2n) is 5.89. The Morgan fingerprint density at radius 2 is 1.59 bits per heavy atom. The molecule has 0 saturated heterocycles. The highest BCUT2D eigenvalue weighted by molar-refractivity contribution is 7.98. The van der Waals surface area contributed by atoms with Crippen LogP contribution in [-0.2, 0) is 28.8 Å². The first-order valence-corrected chi connectivity index (χ1v) is 9.72. The summed E-state index contributed by atoms with van der Waals surface area (Å²) in [6, 6.07) is -4.16. The normalized spacial score (nSPS) is 13.4. The molecular formula is C15H25N5O8S. The molecule has 164 valence electrons. The zero-order valence-electron chi connectivity index (χ0n) is 15.7. The molecule has 0 fully saturated rings. The van der Waals surface area contributed by atoms with E-state index in [1.807, 2.05) is 11.6 Å². The smallest absolute Gasteiger partial charge is 0.326 e. The Hall–Kier alpha value is -2.87. The van der Waals surface area contributed by atoms with Crippen LogP contribution in [0.25, 0.3) is 0 Å². The van der Waals surface area contributed by atoms with E-state index in [1.165, 1.54) is 11.8 Å². The summed E-state index contributed by atoms with van der Waals surface area (Å²) in [4.78, 5) is 68.8. The standard InChI is InChI=1S/C15H25N5O8S/c1-29-3-2-7(16)13(25)18-6-11(22)19-8(4-10(17)21)14(26)20-9(15(27)28)5-12(23)24/h7-9H,2-6,16H2,1H3,(H2,17,21)(H,18,25)(H,19,22)(H,20,26)(H,23,24)(H,27,28). The predicted octanol–water partition coefficient (Wildman–Crippen LogP) is -3.41. The first-order valence-electron chi connectivity index (χ1n) is 8.32. The number of carboxylic acid groups (broad SMARTS) is 2. The number of thioether (sulfide) groups is 1. The third-order valence-electron chi connectivity index (χ3n) is 3.44. The minimum atomic E-state index is -1.78. The second-order valence-corrected chi connectivity index (χ2v) is 6.88. The van der Waals surface area contributed by atoms with Crippen LogP contribution in [0.4, 0.5) is 0 Å². The Balaban J connectivity index is 4.88. The van der Waals surface area contributed by atoms with E-state index in [-0.39, 0.29) is 0 Å². The van der Waals surface area contributed by atoms with Gasteiger partial charge in [-0.25, -0.2) is 4.79 Å². The van der Waals surface area contributed by atoms with Crippen LogP contribution in [0.3, 0.4) is 0 Å². The van der Waals surface area contributed by atoms with Gasteiger partial charge in [-0.1, -0.05) is 0 Å². The fourth-order valence-corrected chi connectivity index (χ4v) is 2.47. The Labute approximate surface area is 170 Å². The SMILES string of the molecule is CSCCC(N)C(=O)NCC(=O)NC(CC(N)=O)C(=O)NC(CC(=O)O)C(=O)O. The molecular weight excluding hydrogens is 410 g/mol. The van der Waals surface area contributed by atoms with Gasteiger partial charge in [0.2, 0.25) is 23.6 Å². The number of aliphatic carboxylic acids is 2. The van der Waals surface area contributed by atoms with E-state index in [2.05, 4.69) is 10.6 Å². The van der Waals surface area contributed by atoms with Gasteiger partial charge in [-0.2, -0.15) is 11.8 Å². The van der Waals surface area contributed by atoms with Crippen molar-refractivity contribution in [2.75, 3.05) is 18.6 Å². The van der Waals surface area contributed by atoms with Gasteiger partial charge in [0.05, 0.1) is 25.4 Å². The van der Waals surface area contributed by atoms with E-state index in [4.69, 9.17) is 21.7 Å². The van der Waals surface area contributed by atoms with Crippen molar-refractivity contribution in [3.63, 3.8) is 0 Å². The molecule has 3 unspecified atom stereocenters. The molecule has 0 heterocycles. The van der Waals surface area contributed by atoms with Crippen molar-refractivity contribution in [2.24, 2.45) is 11.5 Å². The predicted molar refractivity (Wildman–Crippen MR) is 102 cm³/mol. The molecule has 29 heavy (non-hydrogen) atoms. The number of rotatable bonds is 14. The molecule has 0 aliphatic heterocycles. The van der Waals surface area contributed by atoms with E-state index in [9.17, 15) is 28.8 Å². The van der Waals surface area contributed by atoms with Crippen molar-refractivity contribution in [2.45, 2.75) is 37.4 Å². The maximum atomic E-state index is 12.2. The molecule has 3 atom stereocenters. The largest absolute Gasteiger partial charge is 0.481 e. The van der Waals surface area contributed by atoms with Crippen LogP contribution in [0.1, 0.15) is 19.3 Å². The van der Waals surface area contributed by atoms with Crippen LogP contribution in [0.15, 0.2) is 0 Å². The molecule has 0 aromatic heterocycles. The van der Waals surface area contributed by atoms with Gasteiger partial charge in [-0.15, -0.1) is 0 Å². The van der Waals surface area contributed by atoms with Crippen molar-refractivity contribution >= 4 is 47.3 Å². The van der Waals surface area contributed by atoms with Gasteiger partial charge >= 0.3 is 11.9 Å². The molecule has 9 N–H and O–H groups in total. The first-order chi connectivity index (χ1) is 13.5. The van der Waals surface area contributed by atoms with Crippen molar-refractivity contribution in [1.82, 2.24) is 16.0 Å². The van der Waals surface area contributed by atoms with Gasteiger partial charge in [0.15, 0.2) is 0 Å². The molecule has 13 nitrogen and oxygen atoms in total. The quantitative estimate of drug-likeness (QED) is 0.143. The highest BCUT2D eigenvalue weighted by Crippen LogP contribution is 1.99. The van der Waals surface area contributed by atoms with Crippen molar-refractivity contribution in [3.05, 3.63) is 0 Å². The molecule has 0 aromatic rings. The second kappa shape index (κ2) is 13.3. The summed E-state index contributed by atoms with van der Waals surface area (Å²) in [6.45, 7) is -0.550. The van der Waals surface area contributed by atoms with Crippen LogP contribution < -0.4 is 27.4 Å². The summed E-state index contributed by atoms with van der Waals surface area (Å²) < 4.78 is 0. The van der Waals surface area contributed by atoms with Crippen LogP contribution >= 0.6 is 11.8 Å². The molecule has 0 aliphatic rings. The van der Waals surface area contributed by atoms with Gasteiger partial charge in [0.1, 0.15) is 12.1 Å². The minimum absolute atomic E-state index is 0.390. The van der Waals surface area contributed by atoms with Gasteiger partial charge in [0.25, 0.3) is 0 Å². The molecule has 0 saturated carbocycles. The number of primary amides is 1. The summed E-state index contributed by atoms with van der Waals surface area (Å²) in [5.74, 6) is -5.99. The maximum absolute atomic E-state index is 12.2. The lowest BCUT2D eigenvalue weighted by atomic mass is 10.1. The molecule has 0 aliphatic carbocycles. The molecule has 0 radical (unpaired) electrons. The number of carbonyl (C=O) groups is 6. The number of carboxylic acids is 2. The lowest BCUT2D eigenvalue weighted by Crippen LogP contribution is -2.55. The highest BCUT2D eigenvalue weighted by atomic mass is 32.2. The maximum Gasteiger partial charge on any atom is 0.326 e. The Morgan fingerprint density at radius 3 is 2.07 bits per heavy atom. The average molecular weight is 435 g/mol. The van der Waals surface area contributed by atoms with Crippen LogP contribution in [0.5, 0.6) is 0 Å². The Kier molecular flexibility index (Phi) is 12.0. The van der Waals surface area contributed by atoms with Gasteiger partial charge in [0, 0.05) is 0 Å². The fraction of sp³-hybridized carbons (Fsp3) is 0.600. The average Bonchev–Trinajstić information content (AvgIpc) is 2.61. The number of hydrogen-bond acceptors (Lipinski definition) is 8. The molecule has 0 aromatic carbocycles. The molecule has 0 spiro atoms. The van der Waals surface area contributed by atoms with Crippen molar-refractivity contribution in [3.8, 4) is 0 Å². The Morgan fingerprint density at radius 1 is 0.966 bits per heavy atom. The van der Waals surface area contributed by atoms with E-state index in [0.717, 1.165) is 0 Å². The highest BCUT2D eigenvalue weighted by Gasteiger charge is 2.29.